The third-order valence-electron chi connectivity index (χ3n) is 6.70. The van der Waals surface area contributed by atoms with E-state index in [9.17, 15) is 4.79 Å². The number of fused-ring (bicyclic) bond motifs is 1. The number of benzene rings is 2. The maximum Gasteiger partial charge on any atom is 0.162 e. The third-order valence-corrected chi connectivity index (χ3v) is 8.39. The van der Waals surface area contributed by atoms with Crippen LogP contribution in [0.2, 0.25) is 10.0 Å². The highest BCUT2D eigenvalue weighted by Crippen LogP contribution is 2.52. The summed E-state index contributed by atoms with van der Waals surface area (Å²) < 4.78 is 1.92. The number of halogens is 2. The molecule has 2 aromatic heterocycles. The summed E-state index contributed by atoms with van der Waals surface area (Å²) >= 11 is 15.2. The van der Waals surface area contributed by atoms with Gasteiger partial charge in [0.05, 0.1) is 11.4 Å². The van der Waals surface area contributed by atoms with Gasteiger partial charge < -0.3 is 5.32 Å². The molecule has 0 amide bonds. The standard InChI is InChI=1S/C27H21Cl2N3OS/c1-15-23-26(24-18(28)9-5-10-19(24)29)25-20(13-16(14-21(25)33)22-11-6-12-34-22)30-27(23)32(31-15)17-7-3-2-4-8-17/h2-12,16,26,30H,13-14H2,1H3/t16-,26-/m1/s1. The summed E-state index contributed by atoms with van der Waals surface area (Å²) in [6.07, 6.45) is 1.22. The Bertz CT molecular complexity index is 1420. The molecule has 1 aliphatic carbocycles. The van der Waals surface area contributed by atoms with Gasteiger partial charge in [0.2, 0.25) is 0 Å². The van der Waals surface area contributed by atoms with Crippen molar-refractivity contribution in [3.8, 4) is 5.69 Å². The number of aryl methyl sites for hydroxylation is 1. The lowest BCUT2D eigenvalue weighted by Gasteiger charge is -2.36. The number of carbonyl (C=O) groups excluding carboxylic acids is 1. The number of carbonyl (C=O) groups is 1. The Labute approximate surface area is 211 Å². The van der Waals surface area contributed by atoms with Crippen molar-refractivity contribution in [1.29, 1.82) is 0 Å². The second kappa shape index (κ2) is 8.42. The Morgan fingerprint density at radius 3 is 2.44 bits per heavy atom. The smallest absolute Gasteiger partial charge is 0.162 e. The van der Waals surface area contributed by atoms with Gasteiger partial charge in [0, 0.05) is 55.6 Å². The van der Waals surface area contributed by atoms with Crippen molar-refractivity contribution in [2.45, 2.75) is 31.6 Å². The second-order valence-electron chi connectivity index (χ2n) is 8.72. The van der Waals surface area contributed by atoms with Gasteiger partial charge in [-0.05, 0) is 49.1 Å². The van der Waals surface area contributed by atoms with Gasteiger partial charge in [-0.2, -0.15) is 5.10 Å². The Hall–Kier alpha value is -2.86. The van der Waals surface area contributed by atoms with Gasteiger partial charge in [-0.3, -0.25) is 4.79 Å². The fourth-order valence-electron chi connectivity index (χ4n) is 5.23. The van der Waals surface area contributed by atoms with Crippen LogP contribution < -0.4 is 5.32 Å². The van der Waals surface area contributed by atoms with Crippen molar-refractivity contribution < 1.29 is 4.79 Å². The first-order valence-corrected chi connectivity index (χ1v) is 12.8. The predicted octanol–water partition coefficient (Wildman–Crippen LogP) is 7.51. The van der Waals surface area contributed by atoms with Crippen LogP contribution in [-0.2, 0) is 4.79 Å². The number of ketones is 1. The number of hydrogen-bond acceptors (Lipinski definition) is 4. The quantitative estimate of drug-likeness (QED) is 0.313. The summed E-state index contributed by atoms with van der Waals surface area (Å²) in [5.74, 6) is 0.771. The molecule has 4 nitrogen and oxygen atoms in total. The van der Waals surface area contributed by atoms with Crippen LogP contribution in [0.1, 0.15) is 46.4 Å². The molecule has 34 heavy (non-hydrogen) atoms. The van der Waals surface area contributed by atoms with E-state index in [0.29, 0.717) is 16.5 Å². The summed E-state index contributed by atoms with van der Waals surface area (Å²) in [7, 11) is 0. The van der Waals surface area contributed by atoms with E-state index >= 15 is 0 Å². The number of allylic oxidation sites excluding steroid dienone is 2. The zero-order chi connectivity index (χ0) is 23.4. The average molecular weight is 506 g/mol. The highest BCUT2D eigenvalue weighted by molar-refractivity contribution is 7.10. The van der Waals surface area contributed by atoms with Gasteiger partial charge in [0.15, 0.2) is 5.78 Å². The number of para-hydroxylation sites is 1. The SMILES string of the molecule is Cc1nn(-c2ccccc2)c2c1[C@H](c1c(Cl)cccc1Cl)C1=C(C[C@@H](c3cccs3)CC1=O)N2. The Morgan fingerprint density at radius 1 is 0.971 bits per heavy atom. The van der Waals surface area contributed by atoms with Crippen LogP contribution in [0, 0.1) is 6.92 Å². The number of anilines is 1. The van der Waals surface area contributed by atoms with Crippen LogP contribution in [0.4, 0.5) is 5.82 Å². The maximum atomic E-state index is 13.7. The largest absolute Gasteiger partial charge is 0.343 e. The van der Waals surface area contributed by atoms with Crippen LogP contribution in [0.25, 0.3) is 5.69 Å². The van der Waals surface area contributed by atoms with E-state index in [0.717, 1.165) is 46.0 Å². The van der Waals surface area contributed by atoms with Crippen molar-refractivity contribution in [1.82, 2.24) is 9.78 Å². The van der Waals surface area contributed by atoms with Crippen LogP contribution in [-0.4, -0.2) is 15.6 Å². The van der Waals surface area contributed by atoms with Gasteiger partial charge in [0.25, 0.3) is 0 Å². The first kappa shape index (κ1) is 21.7. The zero-order valence-electron chi connectivity index (χ0n) is 18.4. The minimum absolute atomic E-state index is 0.130. The number of thiophene rings is 1. The van der Waals surface area contributed by atoms with Crippen molar-refractivity contribution in [3.63, 3.8) is 0 Å². The first-order valence-electron chi connectivity index (χ1n) is 11.2. The van der Waals surface area contributed by atoms with Crippen molar-refractivity contribution >= 4 is 46.1 Å². The minimum atomic E-state index is -0.373. The highest BCUT2D eigenvalue weighted by atomic mass is 35.5. The molecule has 6 rings (SSSR count). The number of nitrogens with zero attached hydrogens (tertiary/aromatic N) is 2. The molecule has 0 spiro atoms. The fraction of sp³-hybridized carbons (Fsp3) is 0.185. The monoisotopic (exact) mass is 505 g/mol. The molecule has 2 atom stereocenters. The fourth-order valence-corrected chi connectivity index (χ4v) is 6.68. The molecule has 0 saturated carbocycles. The van der Waals surface area contributed by atoms with Gasteiger partial charge >= 0.3 is 0 Å². The number of aromatic nitrogens is 2. The lowest BCUT2D eigenvalue weighted by molar-refractivity contribution is -0.116. The van der Waals surface area contributed by atoms with Crippen molar-refractivity contribution in [2.24, 2.45) is 0 Å². The normalized spacial score (nSPS) is 19.6. The Kier molecular flexibility index (Phi) is 5.36. The first-order chi connectivity index (χ1) is 16.5. The molecule has 0 saturated heterocycles. The van der Waals surface area contributed by atoms with Crippen LogP contribution in [0.3, 0.4) is 0 Å². The Balaban J connectivity index is 1.59. The Morgan fingerprint density at radius 2 is 1.74 bits per heavy atom. The molecule has 1 aliphatic heterocycles. The summed E-state index contributed by atoms with van der Waals surface area (Å²) in [6.45, 7) is 1.98. The predicted molar refractivity (Wildman–Crippen MR) is 139 cm³/mol. The molecular formula is C27H21Cl2N3OS. The van der Waals surface area contributed by atoms with E-state index < -0.39 is 0 Å². The molecule has 4 aromatic rings. The summed E-state index contributed by atoms with van der Waals surface area (Å²) in [6, 6.07) is 19.7. The van der Waals surface area contributed by atoms with Crippen LogP contribution >= 0.6 is 34.5 Å². The molecule has 0 bridgehead atoms. The van der Waals surface area contributed by atoms with Crippen LogP contribution in [0.5, 0.6) is 0 Å². The van der Waals surface area contributed by atoms with Crippen LogP contribution in [0.15, 0.2) is 77.3 Å². The number of nitrogens with one attached hydrogen (secondary N) is 1. The molecule has 7 heteroatoms. The topological polar surface area (TPSA) is 46.9 Å². The number of Topliss-reactive ketones (excluding diaryl/α,β-unsaturated/α-hetero) is 1. The molecule has 0 radical (unpaired) electrons. The van der Waals surface area contributed by atoms with Crippen molar-refractivity contribution in [3.05, 3.63) is 109 Å². The van der Waals surface area contributed by atoms with E-state index in [1.807, 2.05) is 66.2 Å². The summed E-state index contributed by atoms with van der Waals surface area (Å²) in [5, 5.41) is 11.7. The lowest BCUT2D eigenvalue weighted by atomic mass is 9.73. The second-order valence-corrected chi connectivity index (χ2v) is 10.5. The van der Waals surface area contributed by atoms with Crippen molar-refractivity contribution in [2.75, 3.05) is 5.32 Å². The highest BCUT2D eigenvalue weighted by Gasteiger charge is 2.42. The van der Waals surface area contributed by atoms with E-state index in [1.54, 1.807) is 11.3 Å². The summed E-state index contributed by atoms with van der Waals surface area (Å²) in [4.78, 5) is 15.0. The molecule has 170 valence electrons. The molecule has 0 unspecified atom stereocenters. The average Bonchev–Trinajstić information content (AvgIpc) is 3.47. The molecule has 0 fully saturated rings. The molecule has 3 heterocycles. The summed E-state index contributed by atoms with van der Waals surface area (Å²) in [5.41, 5.74) is 5.18. The van der Waals surface area contributed by atoms with E-state index in [2.05, 4.69) is 16.8 Å². The maximum absolute atomic E-state index is 13.7. The van der Waals surface area contributed by atoms with Gasteiger partial charge in [0.1, 0.15) is 5.82 Å². The zero-order valence-corrected chi connectivity index (χ0v) is 20.7. The van der Waals surface area contributed by atoms with E-state index in [4.69, 9.17) is 28.3 Å². The van der Waals surface area contributed by atoms with Gasteiger partial charge in [-0.1, -0.05) is 53.5 Å². The lowest BCUT2D eigenvalue weighted by Crippen LogP contribution is -2.30. The number of hydrogen-bond donors (Lipinski definition) is 1. The molecule has 2 aliphatic rings. The molecule has 2 aromatic carbocycles. The minimum Gasteiger partial charge on any atom is -0.343 e. The van der Waals surface area contributed by atoms with Gasteiger partial charge in [-0.15, -0.1) is 11.3 Å². The number of rotatable bonds is 3. The molecular weight excluding hydrogens is 485 g/mol. The third kappa shape index (κ3) is 3.42. The van der Waals surface area contributed by atoms with E-state index in [-0.39, 0.29) is 17.6 Å². The molecule has 1 N–H and O–H groups in total. The van der Waals surface area contributed by atoms with E-state index in [1.165, 1.54) is 4.88 Å². The van der Waals surface area contributed by atoms with Gasteiger partial charge in [-0.25, -0.2) is 4.68 Å².